The van der Waals surface area contributed by atoms with Crippen LogP contribution in [-0.2, 0) is 11.2 Å². The summed E-state index contributed by atoms with van der Waals surface area (Å²) >= 11 is 0. The van der Waals surface area contributed by atoms with E-state index in [1.54, 1.807) is 26.8 Å². The van der Waals surface area contributed by atoms with Crippen LogP contribution in [0.2, 0.25) is 0 Å². The molecule has 8 heteroatoms. The van der Waals surface area contributed by atoms with Gasteiger partial charge < -0.3 is 9.72 Å². The number of hydrogen-bond donors (Lipinski definition) is 1. The standard InChI is InChI=1S/C17H16FN3O4/c1-4-11-6-15(22)21(17(24)20-11)14-7-12(16(23)25-9(2)3)10(8-19)5-13(14)18/h5-7,9H,4H2,1-3H3,(H,20,24). The van der Waals surface area contributed by atoms with Crippen molar-refractivity contribution in [3.63, 3.8) is 0 Å². The highest BCUT2D eigenvalue weighted by atomic mass is 19.1. The van der Waals surface area contributed by atoms with E-state index in [9.17, 15) is 18.8 Å². The third kappa shape index (κ3) is 3.66. The quantitative estimate of drug-likeness (QED) is 0.849. The summed E-state index contributed by atoms with van der Waals surface area (Å²) < 4.78 is 19.9. The van der Waals surface area contributed by atoms with E-state index in [0.29, 0.717) is 16.7 Å². The van der Waals surface area contributed by atoms with Gasteiger partial charge >= 0.3 is 11.7 Å². The van der Waals surface area contributed by atoms with Gasteiger partial charge in [0.25, 0.3) is 5.56 Å². The van der Waals surface area contributed by atoms with Gasteiger partial charge in [-0.05, 0) is 32.4 Å². The van der Waals surface area contributed by atoms with E-state index in [4.69, 9.17) is 10.00 Å². The summed E-state index contributed by atoms with van der Waals surface area (Å²) in [6.07, 6.45) is -0.0323. The van der Waals surface area contributed by atoms with Gasteiger partial charge in [0.15, 0.2) is 0 Å². The predicted molar refractivity (Wildman–Crippen MR) is 87.3 cm³/mol. The first kappa shape index (κ1) is 18.1. The number of carbonyl (C=O) groups excluding carboxylic acids is 1. The van der Waals surface area contributed by atoms with Crippen molar-refractivity contribution in [2.75, 3.05) is 0 Å². The molecule has 2 rings (SSSR count). The van der Waals surface area contributed by atoms with Crippen LogP contribution in [0.1, 0.15) is 42.4 Å². The summed E-state index contributed by atoms with van der Waals surface area (Å²) in [6, 6.07) is 4.64. The molecule has 1 aromatic heterocycles. The lowest BCUT2D eigenvalue weighted by Crippen LogP contribution is -2.35. The molecule has 1 N–H and O–H groups in total. The van der Waals surface area contributed by atoms with Crippen molar-refractivity contribution in [1.29, 1.82) is 5.26 Å². The summed E-state index contributed by atoms with van der Waals surface area (Å²) in [5.41, 5.74) is -2.08. The second-order valence-electron chi connectivity index (χ2n) is 5.54. The number of ether oxygens (including phenoxy) is 1. The van der Waals surface area contributed by atoms with Crippen molar-refractivity contribution in [2.45, 2.75) is 33.3 Å². The zero-order valence-corrected chi connectivity index (χ0v) is 13.9. The SMILES string of the molecule is CCc1cc(=O)n(-c2cc(C(=O)OC(C)C)c(C#N)cc2F)c(=O)[nH]1. The maximum atomic E-state index is 14.4. The predicted octanol–water partition coefficient (Wildman–Crippen LogP) is 1.66. The van der Waals surface area contributed by atoms with Crippen molar-refractivity contribution in [3.05, 3.63) is 61.7 Å². The van der Waals surface area contributed by atoms with E-state index in [1.165, 1.54) is 6.07 Å². The molecule has 0 aliphatic rings. The maximum Gasteiger partial charge on any atom is 0.339 e. The molecule has 2 aromatic rings. The van der Waals surface area contributed by atoms with E-state index in [1.807, 2.05) is 0 Å². The van der Waals surface area contributed by atoms with E-state index in [2.05, 4.69) is 4.98 Å². The van der Waals surface area contributed by atoms with Crippen molar-refractivity contribution >= 4 is 5.97 Å². The van der Waals surface area contributed by atoms with Crippen LogP contribution in [0.5, 0.6) is 0 Å². The Morgan fingerprint density at radius 3 is 2.56 bits per heavy atom. The van der Waals surface area contributed by atoms with Gasteiger partial charge in [0.05, 0.1) is 22.9 Å². The highest BCUT2D eigenvalue weighted by Crippen LogP contribution is 2.19. The average molecular weight is 345 g/mol. The Kier molecular flexibility index (Phi) is 5.17. The number of aryl methyl sites for hydroxylation is 1. The number of halogens is 1. The van der Waals surface area contributed by atoms with Crippen LogP contribution in [0, 0.1) is 17.1 Å². The molecular weight excluding hydrogens is 329 g/mol. The number of nitrogens with zero attached hydrogens (tertiary/aromatic N) is 2. The van der Waals surface area contributed by atoms with Gasteiger partial charge in [-0.2, -0.15) is 5.26 Å². The Bertz CT molecular complexity index is 952. The number of H-pyrrole nitrogens is 1. The van der Waals surface area contributed by atoms with Crippen LogP contribution < -0.4 is 11.2 Å². The normalized spacial score (nSPS) is 10.6. The number of benzene rings is 1. The van der Waals surface area contributed by atoms with Gasteiger partial charge in [-0.15, -0.1) is 0 Å². The second kappa shape index (κ2) is 7.13. The van der Waals surface area contributed by atoms with Crippen molar-refractivity contribution in [3.8, 4) is 11.8 Å². The second-order valence-corrected chi connectivity index (χ2v) is 5.54. The van der Waals surface area contributed by atoms with Crippen molar-refractivity contribution < 1.29 is 13.9 Å². The highest BCUT2D eigenvalue weighted by molar-refractivity contribution is 5.93. The fourth-order valence-corrected chi connectivity index (χ4v) is 2.23. The van der Waals surface area contributed by atoms with Gasteiger partial charge in [-0.1, -0.05) is 6.92 Å². The molecule has 0 aliphatic heterocycles. The first-order valence-corrected chi connectivity index (χ1v) is 7.58. The topological polar surface area (TPSA) is 105 Å². The summed E-state index contributed by atoms with van der Waals surface area (Å²) in [4.78, 5) is 38.9. The molecule has 0 fully saturated rings. The number of carbonyl (C=O) groups is 1. The summed E-state index contributed by atoms with van der Waals surface area (Å²) in [5.74, 6) is -1.82. The van der Waals surface area contributed by atoms with Crippen LogP contribution in [0.3, 0.4) is 0 Å². The Hall–Kier alpha value is -3.21. The number of rotatable bonds is 4. The fraction of sp³-hybridized carbons (Fsp3) is 0.294. The Labute approximate surface area is 142 Å². The monoisotopic (exact) mass is 345 g/mol. The molecule has 0 saturated carbocycles. The minimum Gasteiger partial charge on any atom is -0.459 e. The lowest BCUT2D eigenvalue weighted by atomic mass is 10.1. The Balaban J connectivity index is 2.72. The molecule has 0 saturated heterocycles. The van der Waals surface area contributed by atoms with Crippen LogP contribution in [-0.4, -0.2) is 21.6 Å². The number of esters is 1. The maximum absolute atomic E-state index is 14.4. The molecule has 1 heterocycles. The fourth-order valence-electron chi connectivity index (χ4n) is 2.23. The van der Waals surface area contributed by atoms with Crippen LogP contribution in [0.4, 0.5) is 4.39 Å². The molecule has 0 atom stereocenters. The van der Waals surface area contributed by atoms with E-state index < -0.39 is 34.8 Å². The third-order valence-corrected chi connectivity index (χ3v) is 3.38. The average Bonchev–Trinajstić information content (AvgIpc) is 2.54. The largest absolute Gasteiger partial charge is 0.459 e. The molecule has 130 valence electrons. The molecule has 0 spiro atoms. The van der Waals surface area contributed by atoms with E-state index in [0.717, 1.165) is 12.1 Å². The van der Waals surface area contributed by atoms with Crippen molar-refractivity contribution in [2.24, 2.45) is 0 Å². The molecule has 0 bridgehead atoms. The van der Waals surface area contributed by atoms with Crippen LogP contribution in [0.15, 0.2) is 27.8 Å². The van der Waals surface area contributed by atoms with E-state index >= 15 is 0 Å². The Morgan fingerprint density at radius 1 is 1.36 bits per heavy atom. The molecule has 7 nitrogen and oxygen atoms in total. The minimum absolute atomic E-state index is 0.224. The number of aromatic nitrogens is 2. The summed E-state index contributed by atoms with van der Waals surface area (Å²) in [7, 11) is 0. The van der Waals surface area contributed by atoms with Gasteiger partial charge in [0.2, 0.25) is 0 Å². The number of aromatic amines is 1. The van der Waals surface area contributed by atoms with Crippen LogP contribution in [0.25, 0.3) is 5.69 Å². The van der Waals surface area contributed by atoms with E-state index in [-0.39, 0.29) is 11.1 Å². The minimum atomic E-state index is -0.977. The third-order valence-electron chi connectivity index (χ3n) is 3.38. The lowest BCUT2D eigenvalue weighted by Gasteiger charge is -2.12. The molecule has 0 unspecified atom stereocenters. The number of nitrogens with one attached hydrogen (secondary N) is 1. The molecule has 1 aromatic carbocycles. The first-order chi connectivity index (χ1) is 11.8. The molecule has 0 aliphatic carbocycles. The van der Waals surface area contributed by atoms with Gasteiger partial charge in [-0.3, -0.25) is 4.79 Å². The molecular formula is C17H16FN3O4. The number of nitriles is 1. The number of hydrogen-bond acceptors (Lipinski definition) is 5. The van der Waals surface area contributed by atoms with Gasteiger partial charge in [0, 0.05) is 11.8 Å². The van der Waals surface area contributed by atoms with Gasteiger partial charge in [-0.25, -0.2) is 18.5 Å². The van der Waals surface area contributed by atoms with Crippen molar-refractivity contribution in [1.82, 2.24) is 9.55 Å². The molecule has 0 radical (unpaired) electrons. The molecule has 0 amide bonds. The first-order valence-electron chi connectivity index (χ1n) is 7.58. The summed E-state index contributed by atoms with van der Waals surface area (Å²) in [6.45, 7) is 4.98. The van der Waals surface area contributed by atoms with Gasteiger partial charge in [0.1, 0.15) is 11.9 Å². The molecule has 25 heavy (non-hydrogen) atoms. The highest BCUT2D eigenvalue weighted by Gasteiger charge is 2.20. The smallest absolute Gasteiger partial charge is 0.339 e. The Morgan fingerprint density at radius 2 is 2.04 bits per heavy atom. The van der Waals surface area contributed by atoms with Crippen LogP contribution >= 0.6 is 0 Å². The lowest BCUT2D eigenvalue weighted by molar-refractivity contribution is 0.0377. The zero-order valence-electron chi connectivity index (χ0n) is 13.9. The summed E-state index contributed by atoms with van der Waals surface area (Å²) in [5, 5.41) is 9.10. The zero-order chi connectivity index (χ0) is 18.7.